The van der Waals surface area contributed by atoms with Crippen molar-refractivity contribution in [3.05, 3.63) is 64.2 Å². The minimum Gasteiger partial charge on any atom is -0.488 e. The second-order valence-electron chi connectivity index (χ2n) is 4.40. The second kappa shape index (κ2) is 6.30. The van der Waals surface area contributed by atoms with Gasteiger partial charge in [-0.15, -0.1) is 0 Å². The van der Waals surface area contributed by atoms with Crippen molar-refractivity contribution < 1.29 is 9.94 Å². The van der Waals surface area contributed by atoms with Gasteiger partial charge in [0.05, 0.1) is 5.56 Å². The van der Waals surface area contributed by atoms with E-state index in [0.29, 0.717) is 22.9 Å². The van der Waals surface area contributed by atoms with E-state index in [4.69, 9.17) is 27.3 Å². The van der Waals surface area contributed by atoms with Gasteiger partial charge >= 0.3 is 0 Å². The number of aryl methyl sites for hydroxylation is 1. The van der Waals surface area contributed by atoms with Gasteiger partial charge in [-0.1, -0.05) is 46.6 Å². The number of oxime groups is 1. The highest BCUT2D eigenvalue weighted by Crippen LogP contribution is 2.24. The van der Waals surface area contributed by atoms with Crippen LogP contribution in [0, 0.1) is 6.92 Å². The van der Waals surface area contributed by atoms with Crippen molar-refractivity contribution in [3.8, 4) is 5.75 Å². The highest BCUT2D eigenvalue weighted by atomic mass is 35.5. The summed E-state index contributed by atoms with van der Waals surface area (Å²) in [7, 11) is 0. The molecule has 0 saturated heterocycles. The van der Waals surface area contributed by atoms with E-state index in [9.17, 15) is 0 Å². The Labute approximate surface area is 122 Å². The van der Waals surface area contributed by atoms with Crippen molar-refractivity contribution in [2.24, 2.45) is 10.9 Å². The maximum absolute atomic E-state index is 8.77. The lowest BCUT2D eigenvalue weighted by Crippen LogP contribution is -2.14. The van der Waals surface area contributed by atoms with E-state index in [1.54, 1.807) is 18.2 Å². The van der Waals surface area contributed by atoms with Crippen LogP contribution in [0.15, 0.2) is 47.6 Å². The lowest BCUT2D eigenvalue weighted by Gasteiger charge is -2.11. The van der Waals surface area contributed by atoms with Crippen LogP contribution >= 0.6 is 11.6 Å². The average Bonchev–Trinajstić information content (AvgIpc) is 2.46. The van der Waals surface area contributed by atoms with Crippen LogP contribution in [0.4, 0.5) is 0 Å². The van der Waals surface area contributed by atoms with Gasteiger partial charge in [0, 0.05) is 5.02 Å². The monoisotopic (exact) mass is 290 g/mol. The van der Waals surface area contributed by atoms with Crippen molar-refractivity contribution in [2.75, 3.05) is 0 Å². The van der Waals surface area contributed by atoms with Crippen LogP contribution in [0.5, 0.6) is 5.75 Å². The van der Waals surface area contributed by atoms with Crippen LogP contribution in [-0.4, -0.2) is 11.0 Å². The van der Waals surface area contributed by atoms with Gasteiger partial charge < -0.3 is 15.7 Å². The minimum absolute atomic E-state index is 0.0134. The molecule has 0 saturated carbocycles. The van der Waals surface area contributed by atoms with Gasteiger partial charge in [0.1, 0.15) is 12.4 Å². The molecule has 0 heterocycles. The SMILES string of the molecule is Cc1ccc(COc2cc(Cl)ccc2/C(N)=N/O)cc1. The van der Waals surface area contributed by atoms with Crippen LogP contribution < -0.4 is 10.5 Å². The zero-order valence-corrected chi connectivity index (χ0v) is 11.8. The lowest BCUT2D eigenvalue weighted by atomic mass is 10.1. The Balaban J connectivity index is 2.20. The molecule has 2 rings (SSSR count). The number of rotatable bonds is 4. The summed E-state index contributed by atoms with van der Waals surface area (Å²) in [4.78, 5) is 0. The highest BCUT2D eigenvalue weighted by molar-refractivity contribution is 6.30. The van der Waals surface area contributed by atoms with E-state index in [2.05, 4.69) is 5.16 Å². The molecule has 2 aromatic rings. The van der Waals surface area contributed by atoms with Crippen molar-refractivity contribution >= 4 is 17.4 Å². The normalized spacial score (nSPS) is 11.4. The molecule has 20 heavy (non-hydrogen) atoms. The molecule has 0 aliphatic carbocycles. The molecule has 0 atom stereocenters. The molecule has 0 spiro atoms. The molecule has 3 N–H and O–H groups in total. The van der Waals surface area contributed by atoms with Crippen molar-refractivity contribution in [3.63, 3.8) is 0 Å². The van der Waals surface area contributed by atoms with Crippen LogP contribution in [0.1, 0.15) is 16.7 Å². The minimum atomic E-state index is -0.0134. The first-order valence-corrected chi connectivity index (χ1v) is 6.43. The summed E-state index contributed by atoms with van der Waals surface area (Å²) in [5.74, 6) is 0.467. The molecular formula is C15H15ClN2O2. The summed E-state index contributed by atoms with van der Waals surface area (Å²) in [6.07, 6.45) is 0. The maximum atomic E-state index is 8.77. The summed E-state index contributed by atoms with van der Waals surface area (Å²) >= 11 is 5.94. The maximum Gasteiger partial charge on any atom is 0.173 e. The quantitative estimate of drug-likeness (QED) is 0.393. The number of nitrogens with zero attached hydrogens (tertiary/aromatic N) is 1. The van der Waals surface area contributed by atoms with Gasteiger partial charge in [-0.3, -0.25) is 0 Å². The average molecular weight is 291 g/mol. The molecule has 0 unspecified atom stereocenters. The molecule has 0 fully saturated rings. The van der Waals surface area contributed by atoms with Gasteiger partial charge in [-0.25, -0.2) is 0 Å². The Kier molecular flexibility index (Phi) is 4.48. The summed E-state index contributed by atoms with van der Waals surface area (Å²) < 4.78 is 5.71. The van der Waals surface area contributed by atoms with Gasteiger partial charge in [-0.05, 0) is 30.7 Å². The van der Waals surface area contributed by atoms with E-state index >= 15 is 0 Å². The first kappa shape index (κ1) is 14.2. The topological polar surface area (TPSA) is 67.8 Å². The lowest BCUT2D eigenvalue weighted by molar-refractivity contribution is 0.303. The molecule has 2 aromatic carbocycles. The van der Waals surface area contributed by atoms with Crippen molar-refractivity contribution in [2.45, 2.75) is 13.5 Å². The van der Waals surface area contributed by atoms with E-state index in [0.717, 1.165) is 5.56 Å². The molecule has 0 aromatic heterocycles. The van der Waals surface area contributed by atoms with Gasteiger partial charge in [-0.2, -0.15) is 0 Å². The zero-order valence-electron chi connectivity index (χ0n) is 11.0. The first-order chi connectivity index (χ1) is 9.60. The van der Waals surface area contributed by atoms with Crippen LogP contribution in [0.3, 0.4) is 0 Å². The van der Waals surface area contributed by atoms with E-state index in [1.165, 1.54) is 5.56 Å². The molecule has 0 amide bonds. The predicted molar refractivity (Wildman–Crippen MR) is 79.5 cm³/mol. The molecule has 5 heteroatoms. The fourth-order valence-electron chi connectivity index (χ4n) is 1.73. The number of halogens is 1. The molecule has 0 aliphatic heterocycles. The van der Waals surface area contributed by atoms with E-state index in [1.807, 2.05) is 31.2 Å². The largest absolute Gasteiger partial charge is 0.488 e. The summed E-state index contributed by atoms with van der Waals surface area (Å²) in [6.45, 7) is 2.41. The third kappa shape index (κ3) is 3.42. The molecule has 104 valence electrons. The third-order valence-electron chi connectivity index (χ3n) is 2.84. The standard InChI is InChI=1S/C15H15ClN2O2/c1-10-2-4-11(5-3-10)9-20-14-8-12(16)6-7-13(14)15(17)18-19/h2-8,19H,9H2,1H3,(H2,17,18). The molecular weight excluding hydrogens is 276 g/mol. The van der Waals surface area contributed by atoms with Crippen LogP contribution in [0.2, 0.25) is 5.02 Å². The fraction of sp³-hybridized carbons (Fsp3) is 0.133. The van der Waals surface area contributed by atoms with Crippen molar-refractivity contribution in [1.82, 2.24) is 0 Å². The Morgan fingerprint density at radius 3 is 2.60 bits per heavy atom. The molecule has 0 aliphatic rings. The molecule has 0 radical (unpaired) electrons. The summed E-state index contributed by atoms with van der Waals surface area (Å²) in [6, 6.07) is 13.0. The Hall–Kier alpha value is -2.20. The highest BCUT2D eigenvalue weighted by Gasteiger charge is 2.09. The van der Waals surface area contributed by atoms with Gasteiger partial charge in [0.2, 0.25) is 0 Å². The van der Waals surface area contributed by atoms with E-state index < -0.39 is 0 Å². The smallest absolute Gasteiger partial charge is 0.173 e. The number of hydrogen-bond acceptors (Lipinski definition) is 3. The fourth-order valence-corrected chi connectivity index (χ4v) is 1.89. The van der Waals surface area contributed by atoms with Crippen molar-refractivity contribution in [1.29, 1.82) is 0 Å². The third-order valence-corrected chi connectivity index (χ3v) is 3.08. The van der Waals surface area contributed by atoms with E-state index in [-0.39, 0.29) is 5.84 Å². The summed E-state index contributed by atoms with van der Waals surface area (Å²) in [5, 5.41) is 12.3. The number of benzene rings is 2. The molecule has 4 nitrogen and oxygen atoms in total. The first-order valence-electron chi connectivity index (χ1n) is 6.06. The number of ether oxygens (including phenoxy) is 1. The van der Waals surface area contributed by atoms with Gasteiger partial charge in [0.15, 0.2) is 5.84 Å². The Morgan fingerprint density at radius 2 is 1.95 bits per heavy atom. The van der Waals surface area contributed by atoms with Gasteiger partial charge in [0.25, 0.3) is 0 Å². The van der Waals surface area contributed by atoms with Crippen LogP contribution in [0.25, 0.3) is 0 Å². The Bertz CT molecular complexity index is 624. The van der Waals surface area contributed by atoms with Crippen LogP contribution in [-0.2, 0) is 6.61 Å². The summed E-state index contributed by atoms with van der Waals surface area (Å²) in [5.41, 5.74) is 8.33. The number of amidine groups is 1. The Morgan fingerprint density at radius 1 is 1.25 bits per heavy atom. The second-order valence-corrected chi connectivity index (χ2v) is 4.84. The predicted octanol–water partition coefficient (Wildman–Crippen LogP) is 3.32. The number of nitrogens with two attached hydrogens (primary N) is 1. The number of hydrogen-bond donors (Lipinski definition) is 2. The molecule has 0 bridgehead atoms. The zero-order chi connectivity index (χ0) is 14.5.